The summed E-state index contributed by atoms with van der Waals surface area (Å²) < 4.78 is 0. The Morgan fingerprint density at radius 2 is 1.88 bits per heavy atom. The Morgan fingerprint density at radius 3 is 2.54 bits per heavy atom. The molecule has 0 radical (unpaired) electrons. The molecule has 0 bridgehead atoms. The van der Waals surface area contributed by atoms with Gasteiger partial charge in [-0.2, -0.15) is 0 Å². The molecule has 3 N–H and O–H groups in total. The molecule has 0 unspecified atom stereocenters. The first kappa shape index (κ1) is 16.1. The molecule has 1 saturated heterocycles. The number of aromatic nitrogens is 2. The highest BCUT2D eigenvalue weighted by Crippen LogP contribution is 2.29. The van der Waals surface area contributed by atoms with Crippen LogP contribution in [-0.4, -0.2) is 32.9 Å². The van der Waals surface area contributed by atoms with Gasteiger partial charge in [0.1, 0.15) is 6.33 Å². The number of hydrogen-bond acceptors (Lipinski definition) is 7. The van der Waals surface area contributed by atoms with Crippen molar-refractivity contribution in [2.24, 2.45) is 0 Å². The number of likely N-dealkylation sites (tertiary alicyclic amines) is 1. The summed E-state index contributed by atoms with van der Waals surface area (Å²) in [6.07, 6.45) is 5.05. The van der Waals surface area contributed by atoms with Crippen molar-refractivity contribution in [3.63, 3.8) is 0 Å². The van der Waals surface area contributed by atoms with Crippen molar-refractivity contribution in [3.05, 3.63) is 46.3 Å². The third-order valence-electron chi connectivity index (χ3n) is 4.10. The van der Waals surface area contributed by atoms with Crippen LogP contribution in [0.2, 0.25) is 0 Å². The summed E-state index contributed by atoms with van der Waals surface area (Å²) in [6, 6.07) is 7.82. The zero-order chi connectivity index (χ0) is 16.9. The van der Waals surface area contributed by atoms with E-state index in [1.807, 2.05) is 24.3 Å². The first-order valence-corrected chi connectivity index (χ1v) is 7.96. The predicted molar refractivity (Wildman–Crippen MR) is 92.0 cm³/mol. The standard InChI is InChI=1S/C16H20N6O2/c17-15-14(22(23)24)16(19-11-18-15)20-13-6-4-12(5-7-13)10-21-8-2-1-3-9-21/h4-7,11H,1-3,8-10H2,(H3,17,18,19,20). The molecule has 0 spiro atoms. The Balaban J connectivity index is 1.70. The van der Waals surface area contributed by atoms with Gasteiger partial charge in [-0.05, 0) is 43.6 Å². The van der Waals surface area contributed by atoms with Gasteiger partial charge in [-0.1, -0.05) is 18.6 Å². The number of rotatable bonds is 5. The van der Waals surface area contributed by atoms with E-state index >= 15 is 0 Å². The second-order valence-electron chi connectivity index (χ2n) is 5.87. The quantitative estimate of drug-likeness (QED) is 0.641. The molecule has 2 aromatic rings. The van der Waals surface area contributed by atoms with Gasteiger partial charge < -0.3 is 11.1 Å². The molecular formula is C16H20N6O2. The van der Waals surface area contributed by atoms with Crippen LogP contribution in [0.4, 0.5) is 23.0 Å². The Bertz CT molecular complexity index is 713. The van der Waals surface area contributed by atoms with E-state index in [2.05, 4.69) is 20.2 Å². The van der Waals surface area contributed by atoms with Crippen molar-refractivity contribution >= 4 is 23.0 Å². The SMILES string of the molecule is Nc1ncnc(Nc2ccc(CN3CCCCC3)cc2)c1[N+](=O)[O-]. The first-order valence-electron chi connectivity index (χ1n) is 7.96. The normalized spacial score (nSPS) is 15.2. The van der Waals surface area contributed by atoms with Crippen LogP contribution in [0.1, 0.15) is 24.8 Å². The van der Waals surface area contributed by atoms with E-state index in [4.69, 9.17) is 5.73 Å². The molecule has 0 amide bonds. The highest BCUT2D eigenvalue weighted by molar-refractivity contribution is 5.72. The lowest BCUT2D eigenvalue weighted by molar-refractivity contribution is -0.383. The number of nitrogen functional groups attached to an aromatic ring is 1. The van der Waals surface area contributed by atoms with E-state index in [9.17, 15) is 10.1 Å². The van der Waals surface area contributed by atoms with Crippen molar-refractivity contribution in [1.29, 1.82) is 0 Å². The Morgan fingerprint density at radius 1 is 1.17 bits per heavy atom. The van der Waals surface area contributed by atoms with Crippen molar-refractivity contribution in [3.8, 4) is 0 Å². The average Bonchev–Trinajstić information content (AvgIpc) is 2.57. The monoisotopic (exact) mass is 328 g/mol. The molecule has 1 aromatic carbocycles. The summed E-state index contributed by atoms with van der Waals surface area (Å²) in [4.78, 5) is 20.6. The minimum atomic E-state index is -0.581. The predicted octanol–water partition coefficient (Wildman–Crippen LogP) is 2.70. The zero-order valence-corrected chi connectivity index (χ0v) is 13.3. The van der Waals surface area contributed by atoms with Crippen molar-refractivity contribution in [1.82, 2.24) is 14.9 Å². The third-order valence-corrected chi connectivity index (χ3v) is 4.10. The topological polar surface area (TPSA) is 110 Å². The third kappa shape index (κ3) is 3.77. The smallest absolute Gasteiger partial charge is 0.353 e. The van der Waals surface area contributed by atoms with Crippen LogP contribution in [0.5, 0.6) is 0 Å². The van der Waals surface area contributed by atoms with Crippen LogP contribution in [0.15, 0.2) is 30.6 Å². The molecule has 3 rings (SSSR count). The fourth-order valence-corrected chi connectivity index (χ4v) is 2.87. The maximum absolute atomic E-state index is 11.1. The highest BCUT2D eigenvalue weighted by atomic mass is 16.6. The van der Waals surface area contributed by atoms with Gasteiger partial charge in [0.15, 0.2) is 0 Å². The van der Waals surface area contributed by atoms with Crippen LogP contribution < -0.4 is 11.1 Å². The van der Waals surface area contributed by atoms with Crippen molar-refractivity contribution < 1.29 is 4.92 Å². The molecule has 2 heterocycles. The van der Waals surface area contributed by atoms with E-state index in [1.165, 1.54) is 31.2 Å². The molecular weight excluding hydrogens is 308 g/mol. The summed E-state index contributed by atoms with van der Waals surface area (Å²) >= 11 is 0. The van der Waals surface area contributed by atoms with E-state index < -0.39 is 4.92 Å². The van der Waals surface area contributed by atoms with Crippen molar-refractivity contribution in [2.75, 3.05) is 24.1 Å². The number of benzene rings is 1. The molecule has 24 heavy (non-hydrogen) atoms. The largest absolute Gasteiger partial charge is 0.378 e. The van der Waals surface area contributed by atoms with Gasteiger partial charge in [-0.25, -0.2) is 9.97 Å². The second kappa shape index (κ2) is 7.22. The van der Waals surface area contributed by atoms with Gasteiger partial charge in [0.2, 0.25) is 11.6 Å². The van der Waals surface area contributed by atoms with Crippen LogP contribution in [0.25, 0.3) is 0 Å². The van der Waals surface area contributed by atoms with Gasteiger partial charge >= 0.3 is 5.69 Å². The zero-order valence-electron chi connectivity index (χ0n) is 13.3. The molecule has 1 fully saturated rings. The molecule has 1 aliphatic heterocycles. The summed E-state index contributed by atoms with van der Waals surface area (Å²) in [5.41, 5.74) is 7.20. The molecule has 8 nitrogen and oxygen atoms in total. The fourth-order valence-electron chi connectivity index (χ4n) is 2.87. The summed E-state index contributed by atoms with van der Waals surface area (Å²) in [7, 11) is 0. The average molecular weight is 328 g/mol. The number of nitrogens with two attached hydrogens (primary N) is 1. The molecule has 0 saturated carbocycles. The van der Waals surface area contributed by atoms with E-state index in [-0.39, 0.29) is 17.3 Å². The first-order chi connectivity index (χ1) is 11.6. The lowest BCUT2D eigenvalue weighted by Gasteiger charge is -2.26. The lowest BCUT2D eigenvalue weighted by Crippen LogP contribution is -2.29. The lowest BCUT2D eigenvalue weighted by atomic mass is 10.1. The molecule has 0 aliphatic carbocycles. The maximum Gasteiger partial charge on any atom is 0.353 e. The summed E-state index contributed by atoms with van der Waals surface area (Å²) in [5.74, 6) is -0.0597. The Hall–Kier alpha value is -2.74. The van der Waals surface area contributed by atoms with Crippen LogP contribution in [0.3, 0.4) is 0 Å². The number of nitro groups is 1. The molecule has 1 aromatic heterocycles. The minimum absolute atomic E-state index is 0.0938. The number of piperidine rings is 1. The molecule has 0 atom stereocenters. The second-order valence-corrected chi connectivity index (χ2v) is 5.87. The van der Waals surface area contributed by atoms with Gasteiger partial charge in [0, 0.05) is 12.2 Å². The van der Waals surface area contributed by atoms with Crippen molar-refractivity contribution in [2.45, 2.75) is 25.8 Å². The van der Waals surface area contributed by atoms with E-state index in [0.29, 0.717) is 0 Å². The van der Waals surface area contributed by atoms with Gasteiger partial charge in [0.25, 0.3) is 0 Å². The number of nitrogens with one attached hydrogen (secondary N) is 1. The Labute approximate surface area is 139 Å². The minimum Gasteiger partial charge on any atom is -0.378 e. The van der Waals surface area contributed by atoms with Gasteiger partial charge in [0.05, 0.1) is 4.92 Å². The van der Waals surface area contributed by atoms with Crippen LogP contribution in [-0.2, 0) is 6.54 Å². The summed E-state index contributed by atoms with van der Waals surface area (Å²) in [5, 5.41) is 14.0. The fraction of sp³-hybridized carbons (Fsp3) is 0.375. The molecule has 1 aliphatic rings. The van der Waals surface area contributed by atoms with Crippen LogP contribution in [0, 0.1) is 10.1 Å². The highest BCUT2D eigenvalue weighted by Gasteiger charge is 2.20. The number of anilines is 3. The van der Waals surface area contributed by atoms with Gasteiger partial charge in [-0.15, -0.1) is 0 Å². The van der Waals surface area contributed by atoms with Crippen LogP contribution >= 0.6 is 0 Å². The number of hydrogen-bond donors (Lipinski definition) is 2. The molecule has 126 valence electrons. The number of nitrogens with zero attached hydrogens (tertiary/aromatic N) is 4. The van der Waals surface area contributed by atoms with E-state index in [0.717, 1.165) is 25.3 Å². The summed E-state index contributed by atoms with van der Waals surface area (Å²) in [6.45, 7) is 3.22. The molecule has 8 heteroatoms. The van der Waals surface area contributed by atoms with Gasteiger partial charge in [-0.3, -0.25) is 15.0 Å². The van der Waals surface area contributed by atoms with E-state index in [1.54, 1.807) is 0 Å². The maximum atomic E-state index is 11.1. The Kier molecular flexibility index (Phi) is 4.85.